The molecular formula is C17H16O5. The molecule has 0 aliphatic carbocycles. The number of aromatic hydroxyl groups is 4. The molecule has 0 saturated heterocycles. The molecule has 0 unspecified atom stereocenters. The Morgan fingerprint density at radius 2 is 1.77 bits per heavy atom. The highest BCUT2D eigenvalue weighted by atomic mass is 16.4. The van der Waals surface area contributed by atoms with Crippen LogP contribution >= 0.6 is 0 Å². The van der Waals surface area contributed by atoms with Crippen molar-refractivity contribution in [2.75, 3.05) is 0 Å². The third kappa shape index (κ3) is 2.02. The second-order valence-corrected chi connectivity index (χ2v) is 5.50. The van der Waals surface area contributed by atoms with E-state index in [0.717, 1.165) is 5.57 Å². The molecule has 3 aromatic rings. The number of furan rings is 1. The average molecular weight is 300 g/mol. The molecule has 1 aromatic heterocycles. The molecule has 0 amide bonds. The van der Waals surface area contributed by atoms with E-state index in [1.54, 1.807) is 6.07 Å². The van der Waals surface area contributed by atoms with Crippen LogP contribution in [0, 0.1) is 0 Å². The van der Waals surface area contributed by atoms with Crippen LogP contribution in [0.5, 0.6) is 23.0 Å². The molecule has 0 bridgehead atoms. The fourth-order valence-corrected chi connectivity index (χ4v) is 2.54. The number of phenols is 4. The quantitative estimate of drug-likeness (QED) is 0.425. The number of hydrogen-bond acceptors (Lipinski definition) is 5. The van der Waals surface area contributed by atoms with Gasteiger partial charge in [0.05, 0.1) is 0 Å². The van der Waals surface area contributed by atoms with Crippen molar-refractivity contribution in [3.8, 4) is 23.0 Å². The summed E-state index contributed by atoms with van der Waals surface area (Å²) in [6.45, 7) is 3.85. The Morgan fingerprint density at radius 1 is 1.05 bits per heavy atom. The Morgan fingerprint density at radius 3 is 2.45 bits per heavy atom. The molecule has 0 radical (unpaired) electrons. The van der Waals surface area contributed by atoms with Gasteiger partial charge in [0.1, 0.15) is 11.3 Å². The first-order valence-corrected chi connectivity index (χ1v) is 6.84. The lowest BCUT2D eigenvalue weighted by Crippen LogP contribution is -1.87. The van der Waals surface area contributed by atoms with Crippen LogP contribution < -0.4 is 0 Å². The van der Waals surface area contributed by atoms with Crippen molar-refractivity contribution in [2.24, 2.45) is 0 Å². The number of benzene rings is 2. The van der Waals surface area contributed by atoms with Gasteiger partial charge in [-0.1, -0.05) is 11.6 Å². The van der Waals surface area contributed by atoms with Gasteiger partial charge in [-0.25, -0.2) is 0 Å². The zero-order chi connectivity index (χ0) is 16.0. The molecule has 0 atom stereocenters. The van der Waals surface area contributed by atoms with Gasteiger partial charge < -0.3 is 24.8 Å². The number of hydrogen-bond donors (Lipinski definition) is 4. The van der Waals surface area contributed by atoms with Crippen LogP contribution in [0.2, 0.25) is 0 Å². The summed E-state index contributed by atoms with van der Waals surface area (Å²) >= 11 is 0. The fraction of sp³-hybridized carbons (Fsp3) is 0.176. The molecule has 114 valence electrons. The lowest BCUT2D eigenvalue weighted by molar-refractivity contribution is 0.365. The summed E-state index contributed by atoms with van der Waals surface area (Å²) in [5.41, 5.74) is 2.03. The van der Waals surface area contributed by atoms with Gasteiger partial charge in [-0.15, -0.1) is 0 Å². The molecule has 0 saturated carbocycles. The second kappa shape index (κ2) is 4.87. The van der Waals surface area contributed by atoms with Crippen LogP contribution in [0.1, 0.15) is 19.4 Å². The Hall–Kier alpha value is -2.82. The topological polar surface area (TPSA) is 94.1 Å². The first-order valence-electron chi connectivity index (χ1n) is 6.84. The lowest BCUT2D eigenvalue weighted by Gasteiger charge is -2.08. The van der Waals surface area contributed by atoms with E-state index in [1.165, 1.54) is 12.1 Å². The SMILES string of the molecule is CC(C)=CCc1c(O)c(O)c(O)c2oc3ccc(O)cc3c12. The summed E-state index contributed by atoms with van der Waals surface area (Å²) in [6.07, 6.45) is 2.26. The van der Waals surface area contributed by atoms with Gasteiger partial charge in [0.2, 0.25) is 11.5 Å². The number of phenolic OH excluding ortho intramolecular Hbond substituents is 4. The molecule has 22 heavy (non-hydrogen) atoms. The van der Waals surface area contributed by atoms with Crippen molar-refractivity contribution in [3.05, 3.63) is 35.4 Å². The molecule has 0 aliphatic rings. The Labute approximate surface area is 126 Å². The Kier molecular flexibility index (Phi) is 3.13. The van der Waals surface area contributed by atoms with E-state index in [4.69, 9.17) is 4.42 Å². The average Bonchev–Trinajstić information content (AvgIpc) is 2.83. The highest BCUT2D eigenvalue weighted by Gasteiger charge is 2.23. The van der Waals surface area contributed by atoms with Crippen LogP contribution in [0.25, 0.3) is 21.9 Å². The van der Waals surface area contributed by atoms with Crippen LogP contribution in [0.4, 0.5) is 0 Å². The minimum atomic E-state index is -0.604. The van der Waals surface area contributed by atoms with Crippen molar-refractivity contribution < 1.29 is 24.8 Å². The Balaban J connectivity index is 2.47. The largest absolute Gasteiger partial charge is 0.508 e. The second-order valence-electron chi connectivity index (χ2n) is 5.50. The molecule has 4 N–H and O–H groups in total. The van der Waals surface area contributed by atoms with Crippen LogP contribution in [0.3, 0.4) is 0 Å². The van der Waals surface area contributed by atoms with Crippen molar-refractivity contribution in [2.45, 2.75) is 20.3 Å². The molecule has 0 spiro atoms. The molecule has 3 rings (SSSR count). The maximum Gasteiger partial charge on any atom is 0.205 e. The van der Waals surface area contributed by atoms with Gasteiger partial charge in [0, 0.05) is 16.3 Å². The number of allylic oxidation sites excluding steroid dienone is 2. The first-order chi connectivity index (χ1) is 10.4. The van der Waals surface area contributed by atoms with Crippen molar-refractivity contribution >= 4 is 21.9 Å². The zero-order valence-electron chi connectivity index (χ0n) is 12.2. The normalized spacial score (nSPS) is 11.2. The first kappa shape index (κ1) is 14.1. The molecule has 0 aliphatic heterocycles. The van der Waals surface area contributed by atoms with Gasteiger partial charge in [-0.3, -0.25) is 0 Å². The minimum Gasteiger partial charge on any atom is -0.508 e. The predicted molar refractivity (Wildman–Crippen MR) is 83.5 cm³/mol. The van der Waals surface area contributed by atoms with Crippen molar-refractivity contribution in [1.29, 1.82) is 0 Å². The highest BCUT2D eigenvalue weighted by molar-refractivity contribution is 6.11. The summed E-state index contributed by atoms with van der Waals surface area (Å²) in [7, 11) is 0. The van der Waals surface area contributed by atoms with E-state index in [9.17, 15) is 20.4 Å². The van der Waals surface area contributed by atoms with Gasteiger partial charge in [-0.05, 0) is 38.5 Å². The highest BCUT2D eigenvalue weighted by Crippen LogP contribution is 2.48. The predicted octanol–water partition coefficient (Wildman–Crippen LogP) is 3.92. The molecule has 5 heteroatoms. The van der Waals surface area contributed by atoms with Crippen LogP contribution in [0.15, 0.2) is 34.3 Å². The monoisotopic (exact) mass is 300 g/mol. The van der Waals surface area contributed by atoms with Gasteiger partial charge in [-0.2, -0.15) is 0 Å². The van der Waals surface area contributed by atoms with Gasteiger partial charge >= 0.3 is 0 Å². The standard InChI is InChI=1S/C17H16O5/c1-8(2)3-5-10-13-11-7-9(18)4-6-12(11)22-17(13)16(21)15(20)14(10)19/h3-4,6-7,18-21H,5H2,1-2H3. The van der Waals surface area contributed by atoms with E-state index in [-0.39, 0.29) is 17.1 Å². The smallest absolute Gasteiger partial charge is 0.205 e. The summed E-state index contributed by atoms with van der Waals surface area (Å²) in [5.74, 6) is -1.44. The molecule has 1 heterocycles. The van der Waals surface area contributed by atoms with Crippen LogP contribution in [-0.4, -0.2) is 20.4 Å². The maximum atomic E-state index is 10.2. The molecule has 5 nitrogen and oxygen atoms in total. The third-order valence-corrected chi connectivity index (χ3v) is 3.64. The molecule has 0 fully saturated rings. The van der Waals surface area contributed by atoms with E-state index in [0.29, 0.717) is 28.3 Å². The summed E-state index contributed by atoms with van der Waals surface area (Å²) in [5, 5.41) is 40.9. The summed E-state index contributed by atoms with van der Waals surface area (Å²) < 4.78 is 5.57. The van der Waals surface area contributed by atoms with Gasteiger partial charge in [0.25, 0.3) is 0 Å². The zero-order valence-corrected chi connectivity index (χ0v) is 12.2. The van der Waals surface area contributed by atoms with E-state index < -0.39 is 11.5 Å². The van der Waals surface area contributed by atoms with Gasteiger partial charge in [0.15, 0.2) is 11.3 Å². The van der Waals surface area contributed by atoms with Crippen LogP contribution in [-0.2, 0) is 6.42 Å². The van der Waals surface area contributed by atoms with Crippen molar-refractivity contribution in [3.63, 3.8) is 0 Å². The molecule has 2 aromatic carbocycles. The lowest BCUT2D eigenvalue weighted by atomic mass is 10.00. The maximum absolute atomic E-state index is 10.2. The number of rotatable bonds is 2. The summed E-state index contributed by atoms with van der Waals surface area (Å²) in [4.78, 5) is 0. The number of fused-ring (bicyclic) bond motifs is 3. The summed E-state index contributed by atoms with van der Waals surface area (Å²) in [6, 6.07) is 4.54. The van der Waals surface area contributed by atoms with E-state index in [1.807, 2.05) is 19.9 Å². The van der Waals surface area contributed by atoms with Crippen molar-refractivity contribution in [1.82, 2.24) is 0 Å². The third-order valence-electron chi connectivity index (χ3n) is 3.64. The Bertz CT molecular complexity index is 914. The minimum absolute atomic E-state index is 0.0513. The molecular weight excluding hydrogens is 284 g/mol. The van der Waals surface area contributed by atoms with E-state index in [2.05, 4.69) is 0 Å². The fourth-order valence-electron chi connectivity index (χ4n) is 2.54. The van der Waals surface area contributed by atoms with E-state index >= 15 is 0 Å².